The third-order valence-electron chi connectivity index (χ3n) is 3.77. The van der Waals surface area contributed by atoms with Crippen molar-refractivity contribution in [2.75, 3.05) is 6.54 Å². The minimum atomic E-state index is -0.771. The number of carbonyl (C=O) groups is 1. The predicted molar refractivity (Wildman–Crippen MR) is 88.6 cm³/mol. The molecule has 0 fully saturated rings. The van der Waals surface area contributed by atoms with E-state index in [1.54, 1.807) is 16.8 Å². The second-order valence-electron chi connectivity index (χ2n) is 5.40. The van der Waals surface area contributed by atoms with Crippen LogP contribution in [0.3, 0.4) is 0 Å². The van der Waals surface area contributed by atoms with Crippen LogP contribution >= 0.6 is 15.9 Å². The van der Waals surface area contributed by atoms with Crippen LogP contribution < -0.4 is 5.32 Å². The molecule has 1 aliphatic rings. The molecule has 1 N–H and O–H groups in total. The molecule has 1 aromatic carbocycles. The molecule has 0 bridgehead atoms. The van der Waals surface area contributed by atoms with Crippen molar-refractivity contribution < 1.29 is 13.6 Å². The second kappa shape index (κ2) is 5.99. The van der Waals surface area contributed by atoms with Crippen LogP contribution in [0, 0.1) is 11.6 Å². The molecule has 0 saturated carbocycles. The molecule has 126 valence electrons. The summed E-state index contributed by atoms with van der Waals surface area (Å²) < 4.78 is 30.2. The largest absolute Gasteiger partial charge is 0.349 e. The minimum absolute atomic E-state index is 0.0876. The van der Waals surface area contributed by atoms with Gasteiger partial charge in [0.2, 0.25) is 0 Å². The maximum absolute atomic E-state index is 14.1. The Morgan fingerprint density at radius 2 is 1.92 bits per heavy atom. The highest BCUT2D eigenvalue weighted by Gasteiger charge is 2.21. The van der Waals surface area contributed by atoms with Crippen LogP contribution in [0.4, 0.5) is 8.78 Å². The fourth-order valence-corrected chi connectivity index (χ4v) is 3.04. The van der Waals surface area contributed by atoms with E-state index in [1.807, 2.05) is 0 Å². The van der Waals surface area contributed by atoms with Gasteiger partial charge in [0.1, 0.15) is 23.0 Å². The topological polar surface area (TPSA) is 72.7 Å². The van der Waals surface area contributed by atoms with E-state index in [9.17, 15) is 13.6 Å². The maximum Gasteiger partial charge on any atom is 0.269 e. The van der Waals surface area contributed by atoms with Gasteiger partial charge in [-0.1, -0.05) is 15.9 Å². The van der Waals surface area contributed by atoms with Crippen molar-refractivity contribution in [3.63, 3.8) is 0 Å². The van der Waals surface area contributed by atoms with Gasteiger partial charge in [0.15, 0.2) is 5.82 Å². The molecular formula is C16H10BrF2N5O. The zero-order chi connectivity index (χ0) is 17.6. The lowest BCUT2D eigenvalue weighted by molar-refractivity contribution is 0.0924. The third kappa shape index (κ3) is 2.80. The number of halogens is 3. The van der Waals surface area contributed by atoms with E-state index in [0.717, 1.165) is 12.1 Å². The Morgan fingerprint density at radius 1 is 1.16 bits per heavy atom. The lowest BCUT2D eigenvalue weighted by Gasteiger charge is -2.13. The normalized spacial score (nSPS) is 13.5. The molecule has 6 nitrogen and oxygen atoms in total. The third-order valence-corrected chi connectivity index (χ3v) is 4.23. The smallest absolute Gasteiger partial charge is 0.269 e. The van der Waals surface area contributed by atoms with E-state index in [0.29, 0.717) is 30.2 Å². The molecule has 0 saturated heterocycles. The van der Waals surface area contributed by atoms with E-state index in [2.05, 4.69) is 36.3 Å². The van der Waals surface area contributed by atoms with Gasteiger partial charge >= 0.3 is 0 Å². The average molecular weight is 406 g/mol. The first-order valence-corrected chi connectivity index (χ1v) is 8.16. The van der Waals surface area contributed by atoms with Crippen molar-refractivity contribution >= 4 is 21.8 Å². The molecule has 3 heterocycles. The van der Waals surface area contributed by atoms with E-state index < -0.39 is 11.6 Å². The highest BCUT2D eigenvalue weighted by atomic mass is 79.9. The first-order valence-electron chi connectivity index (χ1n) is 7.37. The number of hydrogen-bond donors (Lipinski definition) is 1. The summed E-state index contributed by atoms with van der Waals surface area (Å²) in [6, 6.07) is 5.46. The Labute approximate surface area is 149 Å². The fourth-order valence-electron chi connectivity index (χ4n) is 2.64. The van der Waals surface area contributed by atoms with Crippen LogP contribution in [0.1, 0.15) is 10.5 Å². The van der Waals surface area contributed by atoms with Crippen molar-refractivity contribution in [3.8, 4) is 22.8 Å². The summed E-state index contributed by atoms with van der Waals surface area (Å²) in [5, 5.41) is 7.06. The molecule has 1 amide bonds. The molecule has 25 heavy (non-hydrogen) atoms. The number of nitrogens with zero attached hydrogens (tertiary/aromatic N) is 4. The number of amides is 1. The van der Waals surface area contributed by atoms with Crippen LogP contribution in [-0.4, -0.2) is 32.2 Å². The van der Waals surface area contributed by atoms with Crippen LogP contribution in [0.25, 0.3) is 22.8 Å². The molecule has 3 aromatic rings. The highest BCUT2D eigenvalue weighted by Crippen LogP contribution is 2.28. The van der Waals surface area contributed by atoms with Gasteiger partial charge in [-0.25, -0.2) is 18.7 Å². The van der Waals surface area contributed by atoms with Gasteiger partial charge < -0.3 is 5.32 Å². The number of rotatable bonds is 2. The van der Waals surface area contributed by atoms with Gasteiger partial charge in [0, 0.05) is 17.2 Å². The standard InChI is InChI=1S/C16H10BrF2N5O/c17-8-5-9(18)14(10(19)6-8)15-20-2-1-11(22-15)12-7-13-16(25)21-3-4-24(13)23-12/h1-2,5-7H,3-4H2,(H,21,25). The predicted octanol–water partition coefficient (Wildman–Crippen LogP) is 2.79. The number of fused-ring (bicyclic) bond motifs is 1. The highest BCUT2D eigenvalue weighted by molar-refractivity contribution is 9.10. The second-order valence-corrected chi connectivity index (χ2v) is 6.32. The summed E-state index contributed by atoms with van der Waals surface area (Å²) in [5.74, 6) is -1.85. The van der Waals surface area contributed by atoms with Gasteiger partial charge in [-0.15, -0.1) is 0 Å². The fraction of sp³-hybridized carbons (Fsp3) is 0.125. The average Bonchev–Trinajstić information content (AvgIpc) is 3.00. The summed E-state index contributed by atoms with van der Waals surface area (Å²) in [6.45, 7) is 1.05. The van der Waals surface area contributed by atoms with E-state index in [1.165, 1.54) is 6.20 Å². The minimum Gasteiger partial charge on any atom is -0.349 e. The molecule has 1 aliphatic heterocycles. The first kappa shape index (κ1) is 15.8. The lowest BCUT2D eigenvalue weighted by atomic mass is 10.1. The zero-order valence-corrected chi connectivity index (χ0v) is 14.2. The summed E-state index contributed by atoms with van der Waals surface area (Å²) in [7, 11) is 0. The number of aromatic nitrogens is 4. The Bertz CT molecular complexity index is 981. The van der Waals surface area contributed by atoms with Crippen LogP contribution in [0.2, 0.25) is 0 Å². The van der Waals surface area contributed by atoms with Gasteiger partial charge in [-0.3, -0.25) is 9.48 Å². The number of nitrogens with one attached hydrogen (secondary N) is 1. The summed E-state index contributed by atoms with van der Waals surface area (Å²) >= 11 is 3.04. The Balaban J connectivity index is 1.80. The molecule has 0 unspecified atom stereocenters. The Hall–Kier alpha value is -2.68. The molecule has 0 atom stereocenters. The molecule has 0 aliphatic carbocycles. The van der Waals surface area contributed by atoms with Crippen molar-refractivity contribution in [2.24, 2.45) is 0 Å². The number of carbonyl (C=O) groups excluding carboxylic acids is 1. The van der Waals surface area contributed by atoms with Crippen LogP contribution in [-0.2, 0) is 6.54 Å². The summed E-state index contributed by atoms with van der Waals surface area (Å²) in [6.07, 6.45) is 1.40. The van der Waals surface area contributed by atoms with Gasteiger partial charge in [-0.05, 0) is 24.3 Å². The Kier molecular flexibility index (Phi) is 3.79. The van der Waals surface area contributed by atoms with Gasteiger partial charge in [0.05, 0.1) is 17.8 Å². The van der Waals surface area contributed by atoms with Crippen molar-refractivity contribution in [3.05, 3.63) is 52.3 Å². The summed E-state index contributed by atoms with van der Waals surface area (Å²) in [4.78, 5) is 20.0. The molecule has 4 rings (SSSR count). The van der Waals surface area contributed by atoms with Crippen molar-refractivity contribution in [1.82, 2.24) is 25.1 Å². The molecule has 9 heteroatoms. The van der Waals surface area contributed by atoms with Gasteiger partial charge in [-0.2, -0.15) is 5.10 Å². The zero-order valence-electron chi connectivity index (χ0n) is 12.6. The molecule has 0 spiro atoms. The quantitative estimate of drug-likeness (QED) is 0.711. The van der Waals surface area contributed by atoms with Crippen LogP contribution in [0.5, 0.6) is 0 Å². The number of benzene rings is 1. The van der Waals surface area contributed by atoms with E-state index in [-0.39, 0.29) is 21.8 Å². The van der Waals surface area contributed by atoms with Gasteiger partial charge in [0.25, 0.3) is 5.91 Å². The number of hydrogen-bond acceptors (Lipinski definition) is 4. The first-order chi connectivity index (χ1) is 12.0. The molecule has 2 aromatic heterocycles. The van der Waals surface area contributed by atoms with Crippen molar-refractivity contribution in [1.29, 1.82) is 0 Å². The molecule has 0 radical (unpaired) electrons. The Morgan fingerprint density at radius 3 is 2.64 bits per heavy atom. The summed E-state index contributed by atoms with van der Waals surface area (Å²) in [5.41, 5.74) is 0.921. The maximum atomic E-state index is 14.1. The van der Waals surface area contributed by atoms with E-state index in [4.69, 9.17) is 0 Å². The molecular weight excluding hydrogens is 396 g/mol. The lowest BCUT2D eigenvalue weighted by Crippen LogP contribution is -2.35. The monoisotopic (exact) mass is 405 g/mol. The van der Waals surface area contributed by atoms with Crippen molar-refractivity contribution in [2.45, 2.75) is 6.54 Å². The SMILES string of the molecule is O=C1NCCn2nc(-c3ccnc(-c4c(F)cc(Br)cc4F)n3)cc21. The van der Waals surface area contributed by atoms with E-state index >= 15 is 0 Å². The van der Waals surface area contributed by atoms with Crippen LogP contribution in [0.15, 0.2) is 34.9 Å².